The van der Waals surface area contributed by atoms with Crippen LogP contribution in [0.1, 0.15) is 44.7 Å². The summed E-state index contributed by atoms with van der Waals surface area (Å²) in [6.45, 7) is 4.43. The smallest absolute Gasteiger partial charge is 0.0595 e. The summed E-state index contributed by atoms with van der Waals surface area (Å²) in [4.78, 5) is 0. The van der Waals surface area contributed by atoms with Crippen LogP contribution in [0.5, 0.6) is 0 Å². The summed E-state index contributed by atoms with van der Waals surface area (Å²) in [6, 6.07) is 6.84. The zero-order valence-corrected chi connectivity index (χ0v) is 11.9. The quantitative estimate of drug-likeness (QED) is 0.809. The molecule has 0 aromatic heterocycles. The van der Waals surface area contributed by atoms with Crippen LogP contribution < -0.4 is 5.32 Å². The van der Waals surface area contributed by atoms with Crippen LogP contribution in [0.25, 0.3) is 0 Å². The second-order valence-electron chi connectivity index (χ2n) is 4.91. The Morgan fingerprint density at radius 2 is 2.00 bits per heavy atom. The van der Waals surface area contributed by atoms with E-state index in [0.29, 0.717) is 22.1 Å². The molecule has 2 atom stereocenters. The molecule has 1 aromatic rings. The van der Waals surface area contributed by atoms with Crippen LogP contribution in [0.15, 0.2) is 18.2 Å². The van der Waals surface area contributed by atoms with E-state index in [4.69, 9.17) is 23.2 Å². The van der Waals surface area contributed by atoms with Gasteiger partial charge in [0.1, 0.15) is 0 Å². The van der Waals surface area contributed by atoms with Gasteiger partial charge in [-0.3, -0.25) is 0 Å². The summed E-state index contributed by atoms with van der Waals surface area (Å²) in [6.07, 6.45) is 3.94. The van der Waals surface area contributed by atoms with Gasteiger partial charge >= 0.3 is 0 Å². The molecule has 1 fully saturated rings. The molecule has 1 aliphatic carbocycles. The highest BCUT2D eigenvalue weighted by Crippen LogP contribution is 2.35. The minimum absolute atomic E-state index is 0.329. The highest BCUT2D eigenvalue weighted by molar-refractivity contribution is 6.42. The molecule has 2 rings (SSSR count). The minimum atomic E-state index is 0.329. The Morgan fingerprint density at radius 3 is 2.53 bits per heavy atom. The van der Waals surface area contributed by atoms with Gasteiger partial charge in [-0.15, -0.1) is 0 Å². The zero-order valence-electron chi connectivity index (χ0n) is 10.3. The van der Waals surface area contributed by atoms with Crippen LogP contribution in [0.2, 0.25) is 10.0 Å². The van der Waals surface area contributed by atoms with Gasteiger partial charge < -0.3 is 5.32 Å². The maximum Gasteiger partial charge on any atom is 0.0595 e. The molecule has 1 aliphatic rings. The fourth-order valence-electron chi connectivity index (χ4n) is 2.28. The second-order valence-corrected chi connectivity index (χ2v) is 5.73. The van der Waals surface area contributed by atoms with Crippen molar-refractivity contribution in [2.45, 2.75) is 45.2 Å². The summed E-state index contributed by atoms with van der Waals surface area (Å²) in [5, 5.41) is 4.95. The van der Waals surface area contributed by atoms with E-state index >= 15 is 0 Å². The molecule has 0 bridgehead atoms. The van der Waals surface area contributed by atoms with E-state index in [2.05, 4.69) is 19.2 Å². The van der Waals surface area contributed by atoms with E-state index in [0.717, 1.165) is 5.92 Å². The lowest BCUT2D eigenvalue weighted by atomic mass is 10.0. The van der Waals surface area contributed by atoms with Crippen molar-refractivity contribution in [3.8, 4) is 0 Å². The van der Waals surface area contributed by atoms with Crippen molar-refractivity contribution >= 4 is 23.2 Å². The van der Waals surface area contributed by atoms with E-state index in [1.165, 1.54) is 24.8 Å². The summed E-state index contributed by atoms with van der Waals surface area (Å²) >= 11 is 12.0. The molecule has 0 heterocycles. The standard InChI is InChI=1S/C14H19Cl2N/c1-3-14(10-4-5-10)17-9(2)11-6-7-12(15)13(16)8-11/h6-10,14,17H,3-5H2,1-2H3. The van der Waals surface area contributed by atoms with Gasteiger partial charge in [-0.1, -0.05) is 36.2 Å². The van der Waals surface area contributed by atoms with Gasteiger partial charge in [0.2, 0.25) is 0 Å². The number of benzene rings is 1. The second kappa shape index (κ2) is 5.60. The van der Waals surface area contributed by atoms with Crippen molar-refractivity contribution in [2.24, 2.45) is 5.92 Å². The number of hydrogen-bond acceptors (Lipinski definition) is 1. The molecule has 0 amide bonds. The van der Waals surface area contributed by atoms with E-state index in [1.54, 1.807) is 0 Å². The van der Waals surface area contributed by atoms with Gasteiger partial charge in [0.25, 0.3) is 0 Å². The first kappa shape index (κ1) is 13.2. The number of nitrogens with one attached hydrogen (secondary N) is 1. The molecule has 0 radical (unpaired) electrons. The number of rotatable bonds is 5. The van der Waals surface area contributed by atoms with Crippen molar-refractivity contribution in [1.82, 2.24) is 5.32 Å². The lowest BCUT2D eigenvalue weighted by Crippen LogP contribution is -2.32. The Labute approximate surface area is 114 Å². The zero-order chi connectivity index (χ0) is 12.4. The Balaban J connectivity index is 2.02. The van der Waals surface area contributed by atoms with E-state index < -0.39 is 0 Å². The van der Waals surface area contributed by atoms with Gasteiger partial charge in [0.15, 0.2) is 0 Å². The van der Waals surface area contributed by atoms with E-state index in [1.807, 2.05) is 18.2 Å². The SMILES string of the molecule is CCC(NC(C)c1ccc(Cl)c(Cl)c1)C1CC1. The molecule has 0 aliphatic heterocycles. The monoisotopic (exact) mass is 271 g/mol. The summed E-state index contributed by atoms with van der Waals surface area (Å²) in [5.41, 5.74) is 1.21. The van der Waals surface area contributed by atoms with Crippen molar-refractivity contribution < 1.29 is 0 Å². The predicted molar refractivity (Wildman–Crippen MR) is 74.8 cm³/mol. The fraction of sp³-hybridized carbons (Fsp3) is 0.571. The van der Waals surface area contributed by atoms with Crippen LogP contribution in [-0.2, 0) is 0 Å². The molecule has 1 aromatic carbocycles. The molecule has 1 saturated carbocycles. The first-order valence-corrected chi connectivity index (χ1v) is 7.08. The van der Waals surface area contributed by atoms with Crippen molar-refractivity contribution in [1.29, 1.82) is 0 Å². The van der Waals surface area contributed by atoms with Gasteiger partial charge in [-0.2, -0.15) is 0 Å². The topological polar surface area (TPSA) is 12.0 Å². The minimum Gasteiger partial charge on any atom is -0.307 e. The Hall–Kier alpha value is -0.240. The fourth-order valence-corrected chi connectivity index (χ4v) is 2.59. The van der Waals surface area contributed by atoms with Crippen LogP contribution in [0, 0.1) is 5.92 Å². The molecule has 3 heteroatoms. The lowest BCUT2D eigenvalue weighted by Gasteiger charge is -2.22. The molecule has 1 N–H and O–H groups in total. The van der Waals surface area contributed by atoms with Crippen molar-refractivity contribution in [2.75, 3.05) is 0 Å². The van der Waals surface area contributed by atoms with E-state index in [9.17, 15) is 0 Å². The Morgan fingerprint density at radius 1 is 1.29 bits per heavy atom. The Kier molecular flexibility index (Phi) is 4.35. The highest BCUT2D eigenvalue weighted by atomic mass is 35.5. The van der Waals surface area contributed by atoms with Crippen LogP contribution >= 0.6 is 23.2 Å². The highest BCUT2D eigenvalue weighted by Gasteiger charge is 2.30. The third-order valence-electron chi connectivity index (χ3n) is 3.54. The Bertz CT molecular complexity index is 388. The lowest BCUT2D eigenvalue weighted by molar-refractivity contribution is 0.405. The molecular weight excluding hydrogens is 253 g/mol. The van der Waals surface area contributed by atoms with E-state index in [-0.39, 0.29) is 0 Å². The van der Waals surface area contributed by atoms with Gasteiger partial charge in [0, 0.05) is 12.1 Å². The van der Waals surface area contributed by atoms with Gasteiger partial charge in [-0.05, 0) is 49.8 Å². The normalized spacial score (nSPS) is 19.1. The molecule has 2 unspecified atom stereocenters. The first-order valence-electron chi connectivity index (χ1n) is 6.32. The molecule has 1 nitrogen and oxygen atoms in total. The van der Waals surface area contributed by atoms with Crippen LogP contribution in [0.4, 0.5) is 0 Å². The molecule has 17 heavy (non-hydrogen) atoms. The summed E-state index contributed by atoms with van der Waals surface area (Å²) < 4.78 is 0. The predicted octanol–water partition coefficient (Wildman–Crippen LogP) is 4.83. The largest absolute Gasteiger partial charge is 0.307 e. The summed E-state index contributed by atoms with van der Waals surface area (Å²) in [7, 11) is 0. The third kappa shape index (κ3) is 3.37. The number of hydrogen-bond donors (Lipinski definition) is 1. The molecule has 0 saturated heterocycles. The average molecular weight is 272 g/mol. The third-order valence-corrected chi connectivity index (χ3v) is 4.28. The summed E-state index contributed by atoms with van der Waals surface area (Å²) in [5.74, 6) is 0.880. The maximum atomic E-state index is 6.04. The average Bonchev–Trinajstić information content (AvgIpc) is 3.13. The van der Waals surface area contributed by atoms with Crippen molar-refractivity contribution in [3.63, 3.8) is 0 Å². The van der Waals surface area contributed by atoms with Gasteiger partial charge in [0.05, 0.1) is 10.0 Å². The molecule has 94 valence electrons. The van der Waals surface area contributed by atoms with Crippen LogP contribution in [-0.4, -0.2) is 6.04 Å². The first-order chi connectivity index (χ1) is 8.11. The van der Waals surface area contributed by atoms with Gasteiger partial charge in [-0.25, -0.2) is 0 Å². The number of halogens is 2. The molecule has 0 spiro atoms. The van der Waals surface area contributed by atoms with Crippen LogP contribution in [0.3, 0.4) is 0 Å². The maximum absolute atomic E-state index is 6.04. The van der Waals surface area contributed by atoms with Crippen molar-refractivity contribution in [3.05, 3.63) is 33.8 Å². The molecular formula is C14H19Cl2N.